The first kappa shape index (κ1) is 13.3. The Hall–Kier alpha value is -1.11. The van der Waals surface area contributed by atoms with Gasteiger partial charge in [0.1, 0.15) is 0 Å². The van der Waals surface area contributed by atoms with Crippen molar-refractivity contribution in [1.82, 2.24) is 4.72 Å². The van der Waals surface area contributed by atoms with Gasteiger partial charge in [-0.25, -0.2) is 13.1 Å². The second-order valence-corrected chi connectivity index (χ2v) is 6.43. The van der Waals surface area contributed by atoms with Crippen LogP contribution in [-0.2, 0) is 14.8 Å². The average molecular weight is 289 g/mol. The largest absolute Gasteiger partial charge is 0.309 e. The second-order valence-electron chi connectivity index (χ2n) is 4.25. The highest BCUT2D eigenvalue weighted by Crippen LogP contribution is 2.28. The van der Waals surface area contributed by atoms with Crippen molar-refractivity contribution in [3.05, 3.63) is 29.3 Å². The van der Waals surface area contributed by atoms with E-state index in [4.69, 9.17) is 11.6 Å². The summed E-state index contributed by atoms with van der Waals surface area (Å²) in [4.78, 5) is 13.4. The Morgan fingerprint density at radius 1 is 1.39 bits per heavy atom. The van der Waals surface area contributed by atoms with Crippen LogP contribution in [0.15, 0.2) is 24.3 Å². The van der Waals surface area contributed by atoms with Crippen LogP contribution < -0.4 is 9.62 Å². The zero-order valence-corrected chi connectivity index (χ0v) is 11.3. The normalized spacial score (nSPS) is 20.4. The topological polar surface area (TPSA) is 66.5 Å². The van der Waals surface area contributed by atoms with Crippen LogP contribution >= 0.6 is 11.6 Å². The van der Waals surface area contributed by atoms with E-state index < -0.39 is 16.1 Å². The van der Waals surface area contributed by atoms with Gasteiger partial charge in [0.15, 0.2) is 0 Å². The molecule has 0 radical (unpaired) electrons. The highest BCUT2D eigenvalue weighted by molar-refractivity contribution is 7.88. The third-order valence-corrected chi connectivity index (χ3v) is 3.73. The Labute approximate surface area is 111 Å². The van der Waals surface area contributed by atoms with Gasteiger partial charge >= 0.3 is 0 Å². The standard InChI is InChI=1S/C11H13ClN2O3S/c1-18(16,17)13-8-6-11(15)14(7-8)10-5-3-2-4-9(10)12/h2-5,8,13H,6-7H2,1H3/t8-/m0/s1. The molecule has 0 aromatic heterocycles. The molecular formula is C11H13ClN2O3S. The van der Waals surface area contributed by atoms with Crippen LogP contribution in [0.2, 0.25) is 5.02 Å². The van der Waals surface area contributed by atoms with Gasteiger partial charge in [-0.1, -0.05) is 23.7 Å². The Bertz CT molecular complexity index is 573. The quantitative estimate of drug-likeness (QED) is 0.902. The summed E-state index contributed by atoms with van der Waals surface area (Å²) in [7, 11) is -3.31. The Kier molecular flexibility index (Phi) is 3.61. The van der Waals surface area contributed by atoms with Gasteiger partial charge in [0, 0.05) is 19.0 Å². The minimum Gasteiger partial charge on any atom is -0.309 e. The maximum atomic E-state index is 11.9. The van der Waals surface area contributed by atoms with E-state index in [2.05, 4.69) is 4.72 Å². The van der Waals surface area contributed by atoms with Gasteiger partial charge in [0.05, 0.1) is 17.0 Å². The van der Waals surface area contributed by atoms with Crippen LogP contribution in [-0.4, -0.2) is 33.2 Å². The van der Waals surface area contributed by atoms with Crippen molar-refractivity contribution in [3.8, 4) is 0 Å². The van der Waals surface area contributed by atoms with Crippen LogP contribution in [0.1, 0.15) is 6.42 Å². The zero-order chi connectivity index (χ0) is 13.3. The predicted octanol–water partition coefficient (Wildman–Crippen LogP) is 0.994. The number of halogens is 1. The van der Waals surface area contributed by atoms with Crippen LogP contribution in [0.25, 0.3) is 0 Å². The number of amides is 1. The van der Waals surface area contributed by atoms with Crippen molar-refractivity contribution in [2.75, 3.05) is 17.7 Å². The molecule has 0 bridgehead atoms. The molecule has 1 N–H and O–H groups in total. The summed E-state index contributed by atoms with van der Waals surface area (Å²) in [6.45, 7) is 0.301. The van der Waals surface area contributed by atoms with Crippen molar-refractivity contribution < 1.29 is 13.2 Å². The number of hydrogen-bond acceptors (Lipinski definition) is 3. The predicted molar refractivity (Wildman–Crippen MR) is 70.2 cm³/mol. The van der Waals surface area contributed by atoms with E-state index >= 15 is 0 Å². The molecule has 1 amide bonds. The number of para-hydroxylation sites is 1. The highest BCUT2D eigenvalue weighted by Gasteiger charge is 2.32. The number of carbonyl (C=O) groups excluding carboxylic acids is 1. The number of rotatable bonds is 3. The first-order valence-electron chi connectivity index (χ1n) is 5.39. The third-order valence-electron chi connectivity index (χ3n) is 2.65. The van der Waals surface area contributed by atoms with Gasteiger partial charge in [0.25, 0.3) is 0 Å². The molecule has 0 spiro atoms. The van der Waals surface area contributed by atoms with Crippen molar-refractivity contribution in [2.45, 2.75) is 12.5 Å². The molecule has 1 heterocycles. The molecule has 1 fully saturated rings. The molecule has 1 aromatic carbocycles. The fourth-order valence-electron chi connectivity index (χ4n) is 1.99. The summed E-state index contributed by atoms with van der Waals surface area (Å²) in [5.41, 5.74) is 0.613. The number of nitrogens with one attached hydrogen (secondary N) is 1. The Morgan fingerprint density at radius 2 is 2.06 bits per heavy atom. The lowest BCUT2D eigenvalue weighted by molar-refractivity contribution is -0.117. The number of hydrogen-bond donors (Lipinski definition) is 1. The monoisotopic (exact) mass is 288 g/mol. The van der Waals surface area contributed by atoms with E-state index in [1.54, 1.807) is 24.3 Å². The van der Waals surface area contributed by atoms with Gasteiger partial charge < -0.3 is 4.90 Å². The van der Waals surface area contributed by atoms with E-state index in [1.165, 1.54) is 4.90 Å². The molecular weight excluding hydrogens is 276 g/mol. The molecule has 18 heavy (non-hydrogen) atoms. The summed E-state index contributed by atoms with van der Waals surface area (Å²) < 4.78 is 24.7. The summed E-state index contributed by atoms with van der Waals surface area (Å²) >= 11 is 6.02. The lowest BCUT2D eigenvalue weighted by atomic mass is 10.3. The van der Waals surface area contributed by atoms with Crippen LogP contribution in [0, 0.1) is 0 Å². The molecule has 0 aliphatic carbocycles. The molecule has 5 nitrogen and oxygen atoms in total. The first-order valence-corrected chi connectivity index (χ1v) is 7.66. The third kappa shape index (κ3) is 3.01. The molecule has 98 valence electrons. The van der Waals surface area contributed by atoms with Crippen LogP contribution in [0.4, 0.5) is 5.69 Å². The fourth-order valence-corrected chi connectivity index (χ4v) is 2.99. The maximum absolute atomic E-state index is 11.9. The van der Waals surface area contributed by atoms with Gasteiger partial charge in [-0.2, -0.15) is 0 Å². The van der Waals surface area contributed by atoms with Crippen LogP contribution in [0.5, 0.6) is 0 Å². The molecule has 1 atom stereocenters. The molecule has 1 saturated heterocycles. The van der Waals surface area contributed by atoms with E-state index in [-0.39, 0.29) is 12.3 Å². The van der Waals surface area contributed by atoms with E-state index in [9.17, 15) is 13.2 Å². The van der Waals surface area contributed by atoms with Gasteiger partial charge in [-0.3, -0.25) is 4.79 Å². The molecule has 7 heteroatoms. The lowest BCUT2D eigenvalue weighted by Gasteiger charge is -2.18. The summed E-state index contributed by atoms with van der Waals surface area (Å²) in [6, 6.07) is 6.60. The second kappa shape index (κ2) is 4.87. The SMILES string of the molecule is CS(=O)(=O)N[C@H]1CC(=O)N(c2ccccc2Cl)C1. The molecule has 2 rings (SSSR count). The maximum Gasteiger partial charge on any atom is 0.228 e. The summed E-state index contributed by atoms with van der Waals surface area (Å²) in [5.74, 6) is -0.135. The van der Waals surface area contributed by atoms with Crippen molar-refractivity contribution in [1.29, 1.82) is 0 Å². The fraction of sp³-hybridized carbons (Fsp3) is 0.364. The Morgan fingerprint density at radius 3 is 2.67 bits per heavy atom. The minimum atomic E-state index is -3.31. The van der Waals surface area contributed by atoms with Gasteiger partial charge in [0.2, 0.25) is 15.9 Å². The van der Waals surface area contributed by atoms with Crippen LogP contribution in [0.3, 0.4) is 0 Å². The number of benzene rings is 1. The van der Waals surface area contributed by atoms with E-state index in [0.29, 0.717) is 17.3 Å². The molecule has 0 unspecified atom stereocenters. The molecule has 1 aliphatic rings. The zero-order valence-electron chi connectivity index (χ0n) is 9.76. The number of sulfonamides is 1. The summed E-state index contributed by atoms with van der Waals surface area (Å²) in [6.07, 6.45) is 1.23. The van der Waals surface area contributed by atoms with Crippen molar-refractivity contribution in [3.63, 3.8) is 0 Å². The van der Waals surface area contributed by atoms with Crippen molar-refractivity contribution >= 4 is 33.2 Å². The number of nitrogens with zero attached hydrogens (tertiary/aromatic N) is 1. The van der Waals surface area contributed by atoms with E-state index in [1.807, 2.05) is 0 Å². The van der Waals surface area contributed by atoms with Gasteiger partial charge in [-0.15, -0.1) is 0 Å². The average Bonchev–Trinajstić information content (AvgIpc) is 2.57. The minimum absolute atomic E-state index is 0.135. The highest BCUT2D eigenvalue weighted by atomic mass is 35.5. The summed E-state index contributed by atoms with van der Waals surface area (Å²) in [5, 5.41) is 0.478. The Balaban J connectivity index is 2.18. The smallest absolute Gasteiger partial charge is 0.228 e. The van der Waals surface area contributed by atoms with Gasteiger partial charge in [-0.05, 0) is 12.1 Å². The molecule has 0 saturated carbocycles. The molecule has 1 aromatic rings. The van der Waals surface area contributed by atoms with Crippen molar-refractivity contribution in [2.24, 2.45) is 0 Å². The first-order chi connectivity index (χ1) is 8.37. The van der Waals surface area contributed by atoms with E-state index in [0.717, 1.165) is 6.26 Å². The number of anilines is 1. The number of carbonyl (C=O) groups is 1. The lowest BCUT2D eigenvalue weighted by Crippen LogP contribution is -2.36. The molecule has 1 aliphatic heterocycles.